The summed E-state index contributed by atoms with van der Waals surface area (Å²) in [5, 5.41) is 22.7. The first-order valence-electron chi connectivity index (χ1n) is 11.4. The smallest absolute Gasteiger partial charge is 0.252 e. The van der Waals surface area contributed by atoms with Crippen molar-refractivity contribution < 1.29 is 14.6 Å². The number of aliphatic hydroxyl groups excluding tert-OH is 1. The lowest BCUT2D eigenvalue weighted by molar-refractivity contribution is 0.118. The average molecular weight is 459 g/mol. The van der Waals surface area contributed by atoms with Crippen molar-refractivity contribution in [2.45, 2.75) is 46.3 Å². The van der Waals surface area contributed by atoms with Crippen molar-refractivity contribution in [2.75, 3.05) is 33.5 Å². The number of tetrazole rings is 1. The molecule has 3 aromatic rings. The summed E-state index contributed by atoms with van der Waals surface area (Å²) in [6, 6.07) is 7.41. The Morgan fingerprint density at radius 3 is 2.79 bits per heavy atom. The van der Waals surface area contributed by atoms with Gasteiger partial charge in [-0.1, -0.05) is 13.8 Å². The molecule has 0 spiro atoms. The standard InChI is InChI=1S/C23H34N6O4/c1-5-33-19-7-8-20-17(14-19)13-18(23(31)24-20)15-28(9-6-11-30)21(16(2)3)22-25-26-27-29(22)10-12-32-4/h7-8,13-14,16,21,30H,5-6,9-12,15H2,1-4H3,(H,24,31). The molecular formula is C23H34N6O4. The van der Waals surface area contributed by atoms with Gasteiger partial charge in [-0.25, -0.2) is 4.68 Å². The van der Waals surface area contributed by atoms with Crippen molar-refractivity contribution in [1.29, 1.82) is 0 Å². The molecule has 2 aromatic heterocycles. The van der Waals surface area contributed by atoms with Crippen molar-refractivity contribution in [3.8, 4) is 5.75 Å². The molecule has 0 saturated carbocycles. The summed E-state index contributed by atoms with van der Waals surface area (Å²) in [4.78, 5) is 18.1. The number of H-pyrrole nitrogens is 1. The Morgan fingerprint density at radius 1 is 1.27 bits per heavy atom. The van der Waals surface area contributed by atoms with E-state index >= 15 is 0 Å². The van der Waals surface area contributed by atoms with Crippen molar-refractivity contribution in [3.05, 3.63) is 46.0 Å². The lowest BCUT2D eigenvalue weighted by Gasteiger charge is -2.33. The Morgan fingerprint density at radius 2 is 2.09 bits per heavy atom. The number of nitrogens with one attached hydrogen (secondary N) is 1. The fourth-order valence-electron chi connectivity index (χ4n) is 4.06. The number of methoxy groups -OCH3 is 1. The van der Waals surface area contributed by atoms with Gasteiger partial charge in [0.05, 0.1) is 25.8 Å². The second kappa shape index (κ2) is 11.9. The molecule has 0 fully saturated rings. The molecule has 10 heteroatoms. The predicted octanol–water partition coefficient (Wildman–Crippen LogP) is 2.14. The number of aliphatic hydroxyl groups is 1. The molecule has 2 heterocycles. The molecule has 3 rings (SSSR count). The molecule has 0 aliphatic heterocycles. The first-order chi connectivity index (χ1) is 16.0. The van der Waals surface area contributed by atoms with E-state index in [2.05, 4.69) is 39.3 Å². The van der Waals surface area contributed by atoms with Crippen LogP contribution in [0.15, 0.2) is 29.1 Å². The Labute approximate surface area is 193 Å². The van der Waals surface area contributed by atoms with Gasteiger partial charge in [-0.15, -0.1) is 5.10 Å². The Hall–Kier alpha value is -2.82. The first-order valence-corrected chi connectivity index (χ1v) is 11.4. The molecule has 0 aliphatic carbocycles. The van der Waals surface area contributed by atoms with Crippen molar-refractivity contribution in [2.24, 2.45) is 5.92 Å². The zero-order chi connectivity index (χ0) is 23.8. The molecule has 0 amide bonds. The molecular weight excluding hydrogens is 424 g/mol. The van der Waals surface area contributed by atoms with E-state index < -0.39 is 0 Å². The zero-order valence-electron chi connectivity index (χ0n) is 19.8. The summed E-state index contributed by atoms with van der Waals surface area (Å²) in [6.07, 6.45) is 0.572. The van der Waals surface area contributed by atoms with Crippen LogP contribution in [0, 0.1) is 5.92 Å². The minimum Gasteiger partial charge on any atom is -0.494 e. The zero-order valence-corrected chi connectivity index (χ0v) is 19.8. The Balaban J connectivity index is 1.98. The highest BCUT2D eigenvalue weighted by Gasteiger charge is 2.29. The third kappa shape index (κ3) is 6.16. The van der Waals surface area contributed by atoms with Crippen LogP contribution in [0.4, 0.5) is 0 Å². The average Bonchev–Trinajstić information content (AvgIpc) is 3.24. The van der Waals surface area contributed by atoms with E-state index in [0.29, 0.717) is 44.8 Å². The first kappa shape index (κ1) is 24.8. The van der Waals surface area contributed by atoms with Crippen LogP contribution >= 0.6 is 0 Å². The van der Waals surface area contributed by atoms with Crippen LogP contribution in [0.5, 0.6) is 5.75 Å². The largest absolute Gasteiger partial charge is 0.494 e. The van der Waals surface area contributed by atoms with Crippen LogP contribution < -0.4 is 10.3 Å². The van der Waals surface area contributed by atoms with Crippen LogP contribution in [0.1, 0.15) is 44.6 Å². The third-order valence-electron chi connectivity index (χ3n) is 5.54. The van der Waals surface area contributed by atoms with E-state index in [0.717, 1.165) is 22.5 Å². The summed E-state index contributed by atoms with van der Waals surface area (Å²) in [5.41, 5.74) is 1.26. The van der Waals surface area contributed by atoms with Crippen molar-refractivity contribution >= 4 is 10.9 Å². The summed E-state index contributed by atoms with van der Waals surface area (Å²) >= 11 is 0. The quantitative estimate of drug-likeness (QED) is 0.400. The number of aromatic amines is 1. The minimum atomic E-state index is -0.145. The maximum absolute atomic E-state index is 12.9. The maximum Gasteiger partial charge on any atom is 0.252 e. The van der Waals surface area contributed by atoms with Crippen LogP contribution in [0.2, 0.25) is 0 Å². The van der Waals surface area contributed by atoms with Gasteiger partial charge < -0.3 is 19.6 Å². The number of hydrogen-bond acceptors (Lipinski definition) is 8. The van der Waals surface area contributed by atoms with E-state index in [4.69, 9.17) is 9.47 Å². The van der Waals surface area contributed by atoms with Gasteiger partial charge in [0.15, 0.2) is 5.82 Å². The number of benzene rings is 1. The SMILES string of the molecule is CCOc1ccc2[nH]c(=O)c(CN(CCCO)C(c3nnnn3CCOC)C(C)C)cc2c1. The van der Waals surface area contributed by atoms with Gasteiger partial charge in [-0.2, -0.15) is 0 Å². The van der Waals surface area contributed by atoms with Crippen LogP contribution in [-0.2, 0) is 17.8 Å². The molecule has 180 valence electrons. The molecule has 0 aliphatic rings. The number of rotatable bonds is 13. The summed E-state index contributed by atoms with van der Waals surface area (Å²) in [5.74, 6) is 1.65. The number of nitrogens with zero attached hydrogens (tertiary/aromatic N) is 5. The van der Waals surface area contributed by atoms with Crippen LogP contribution in [0.25, 0.3) is 10.9 Å². The van der Waals surface area contributed by atoms with E-state index in [1.807, 2.05) is 31.2 Å². The molecule has 0 radical (unpaired) electrons. The van der Waals surface area contributed by atoms with Gasteiger partial charge >= 0.3 is 0 Å². The number of fused-ring (bicyclic) bond motifs is 1. The minimum absolute atomic E-state index is 0.0573. The second-order valence-electron chi connectivity index (χ2n) is 8.30. The van der Waals surface area contributed by atoms with Gasteiger partial charge in [0.2, 0.25) is 0 Å². The predicted molar refractivity (Wildman–Crippen MR) is 125 cm³/mol. The number of aromatic nitrogens is 5. The van der Waals surface area contributed by atoms with E-state index in [1.165, 1.54) is 0 Å². The second-order valence-corrected chi connectivity index (χ2v) is 8.30. The normalized spacial score (nSPS) is 12.7. The summed E-state index contributed by atoms with van der Waals surface area (Å²) in [7, 11) is 1.64. The fourth-order valence-corrected chi connectivity index (χ4v) is 4.06. The fraction of sp³-hybridized carbons (Fsp3) is 0.565. The van der Waals surface area contributed by atoms with Gasteiger partial charge in [-0.05, 0) is 54.0 Å². The summed E-state index contributed by atoms with van der Waals surface area (Å²) in [6.45, 7) is 8.78. The van der Waals surface area contributed by atoms with Gasteiger partial charge in [0.25, 0.3) is 5.56 Å². The number of hydrogen-bond donors (Lipinski definition) is 2. The molecule has 33 heavy (non-hydrogen) atoms. The van der Waals surface area contributed by atoms with E-state index in [-0.39, 0.29) is 24.1 Å². The monoisotopic (exact) mass is 458 g/mol. The highest BCUT2D eigenvalue weighted by atomic mass is 16.5. The molecule has 10 nitrogen and oxygen atoms in total. The van der Waals surface area contributed by atoms with Crippen molar-refractivity contribution in [1.82, 2.24) is 30.1 Å². The molecule has 0 bridgehead atoms. The maximum atomic E-state index is 12.9. The van der Waals surface area contributed by atoms with Gasteiger partial charge in [0, 0.05) is 43.3 Å². The number of ether oxygens (including phenoxy) is 2. The Bertz CT molecular complexity index is 1080. The highest BCUT2D eigenvalue weighted by Crippen LogP contribution is 2.29. The van der Waals surface area contributed by atoms with Crippen molar-refractivity contribution in [3.63, 3.8) is 0 Å². The molecule has 1 atom stereocenters. The highest BCUT2D eigenvalue weighted by molar-refractivity contribution is 5.80. The summed E-state index contributed by atoms with van der Waals surface area (Å²) < 4.78 is 12.6. The lowest BCUT2D eigenvalue weighted by Crippen LogP contribution is -2.36. The molecule has 0 saturated heterocycles. The van der Waals surface area contributed by atoms with Gasteiger partial charge in [-0.3, -0.25) is 9.69 Å². The lowest BCUT2D eigenvalue weighted by atomic mass is 10.00. The number of pyridine rings is 1. The Kier molecular flexibility index (Phi) is 8.93. The van der Waals surface area contributed by atoms with Crippen LogP contribution in [-0.4, -0.2) is 68.7 Å². The molecule has 1 unspecified atom stereocenters. The van der Waals surface area contributed by atoms with Crippen LogP contribution in [0.3, 0.4) is 0 Å². The van der Waals surface area contributed by atoms with E-state index in [9.17, 15) is 9.90 Å². The van der Waals surface area contributed by atoms with E-state index in [1.54, 1.807) is 11.8 Å². The topological polar surface area (TPSA) is 118 Å². The molecule has 1 aromatic carbocycles. The third-order valence-corrected chi connectivity index (χ3v) is 5.54. The van der Waals surface area contributed by atoms with Gasteiger partial charge in [0.1, 0.15) is 5.75 Å². The molecule has 2 N–H and O–H groups in total.